The summed E-state index contributed by atoms with van der Waals surface area (Å²) in [5.41, 5.74) is 0. The number of nitrogens with zero attached hydrogens (tertiary/aromatic N) is 1. The van der Waals surface area contributed by atoms with Crippen molar-refractivity contribution in [2.75, 3.05) is 19.6 Å². The molecule has 0 rings (SSSR count). The van der Waals surface area contributed by atoms with Crippen molar-refractivity contribution >= 4 is 11.9 Å². The minimum absolute atomic E-state index is 0.0346. The smallest absolute Gasteiger partial charge is 0.307 e. The minimum Gasteiger partial charge on any atom is -0.481 e. The zero-order chi connectivity index (χ0) is 15.0. The van der Waals surface area contributed by atoms with Gasteiger partial charge < -0.3 is 10.4 Å². The van der Waals surface area contributed by atoms with Gasteiger partial charge in [0.25, 0.3) is 0 Å². The van der Waals surface area contributed by atoms with Crippen LogP contribution in [-0.4, -0.2) is 47.6 Å². The van der Waals surface area contributed by atoms with Gasteiger partial charge in [0, 0.05) is 19.1 Å². The van der Waals surface area contributed by atoms with Gasteiger partial charge in [-0.1, -0.05) is 27.7 Å². The molecule has 0 saturated heterocycles. The fraction of sp³-hybridized carbons (Fsp3) is 0.857. The molecule has 5 nitrogen and oxygen atoms in total. The SMILES string of the molecule is CCC(C)NC(=O)CN(CC(C)C)CC(C)C(=O)O. The van der Waals surface area contributed by atoms with E-state index < -0.39 is 11.9 Å². The zero-order valence-corrected chi connectivity index (χ0v) is 12.8. The molecule has 0 aliphatic rings. The summed E-state index contributed by atoms with van der Waals surface area (Å²) in [6.45, 7) is 11.2. The summed E-state index contributed by atoms with van der Waals surface area (Å²) in [6, 6.07) is 0.158. The fourth-order valence-electron chi connectivity index (χ4n) is 1.81. The lowest BCUT2D eigenvalue weighted by Crippen LogP contribution is -2.44. The van der Waals surface area contributed by atoms with Gasteiger partial charge in [-0.15, -0.1) is 0 Å². The van der Waals surface area contributed by atoms with Gasteiger partial charge in [-0.05, 0) is 19.3 Å². The van der Waals surface area contributed by atoms with E-state index in [1.165, 1.54) is 0 Å². The molecule has 0 spiro atoms. The van der Waals surface area contributed by atoms with E-state index in [0.717, 1.165) is 13.0 Å². The molecular weight excluding hydrogens is 244 g/mol. The van der Waals surface area contributed by atoms with Crippen molar-refractivity contribution < 1.29 is 14.7 Å². The van der Waals surface area contributed by atoms with E-state index in [1.807, 2.05) is 18.7 Å². The van der Waals surface area contributed by atoms with Crippen LogP contribution in [0.4, 0.5) is 0 Å². The summed E-state index contributed by atoms with van der Waals surface area (Å²) in [5, 5.41) is 11.9. The monoisotopic (exact) mass is 272 g/mol. The molecule has 2 N–H and O–H groups in total. The third-order valence-electron chi connectivity index (χ3n) is 2.96. The topological polar surface area (TPSA) is 69.6 Å². The van der Waals surface area contributed by atoms with Gasteiger partial charge in [0.2, 0.25) is 5.91 Å². The van der Waals surface area contributed by atoms with Crippen molar-refractivity contribution in [1.29, 1.82) is 0 Å². The molecule has 19 heavy (non-hydrogen) atoms. The van der Waals surface area contributed by atoms with Gasteiger partial charge in [-0.25, -0.2) is 0 Å². The second kappa shape index (κ2) is 8.91. The largest absolute Gasteiger partial charge is 0.481 e. The Kier molecular flexibility index (Phi) is 8.39. The number of hydrogen-bond acceptors (Lipinski definition) is 3. The normalized spacial score (nSPS) is 14.5. The lowest BCUT2D eigenvalue weighted by atomic mass is 10.1. The molecule has 0 aromatic carbocycles. The van der Waals surface area contributed by atoms with E-state index >= 15 is 0 Å². The van der Waals surface area contributed by atoms with Crippen LogP contribution < -0.4 is 5.32 Å². The number of hydrogen-bond donors (Lipinski definition) is 2. The van der Waals surface area contributed by atoms with Gasteiger partial charge in [0.05, 0.1) is 12.5 Å². The molecule has 2 unspecified atom stereocenters. The quantitative estimate of drug-likeness (QED) is 0.668. The summed E-state index contributed by atoms with van der Waals surface area (Å²) < 4.78 is 0. The second-order valence-corrected chi connectivity index (χ2v) is 5.70. The van der Waals surface area contributed by atoms with Crippen LogP contribution in [0.25, 0.3) is 0 Å². The number of carbonyl (C=O) groups excluding carboxylic acids is 1. The lowest BCUT2D eigenvalue weighted by molar-refractivity contribution is -0.142. The van der Waals surface area contributed by atoms with E-state index in [1.54, 1.807) is 6.92 Å². The maximum Gasteiger partial charge on any atom is 0.307 e. The highest BCUT2D eigenvalue weighted by molar-refractivity contribution is 5.78. The van der Waals surface area contributed by atoms with E-state index in [4.69, 9.17) is 5.11 Å². The Morgan fingerprint density at radius 3 is 2.16 bits per heavy atom. The van der Waals surface area contributed by atoms with Crippen molar-refractivity contribution in [2.24, 2.45) is 11.8 Å². The fourth-order valence-corrected chi connectivity index (χ4v) is 1.81. The van der Waals surface area contributed by atoms with Crippen LogP contribution in [0.1, 0.15) is 41.0 Å². The molecule has 112 valence electrons. The molecule has 0 aromatic heterocycles. The molecule has 0 aliphatic heterocycles. The van der Waals surface area contributed by atoms with Gasteiger partial charge in [-0.2, -0.15) is 0 Å². The first kappa shape index (κ1) is 17.9. The number of carbonyl (C=O) groups is 2. The molecular formula is C14H28N2O3. The van der Waals surface area contributed by atoms with Crippen molar-refractivity contribution in [3.8, 4) is 0 Å². The predicted molar refractivity (Wildman–Crippen MR) is 76.0 cm³/mol. The number of carboxylic acid groups (broad SMARTS) is 1. The highest BCUT2D eigenvalue weighted by Gasteiger charge is 2.19. The van der Waals surface area contributed by atoms with Gasteiger partial charge in [0.1, 0.15) is 0 Å². The van der Waals surface area contributed by atoms with Crippen molar-refractivity contribution in [2.45, 2.75) is 47.1 Å². The molecule has 2 atom stereocenters. The number of carboxylic acids is 1. The van der Waals surface area contributed by atoms with Crippen LogP contribution >= 0.6 is 0 Å². The van der Waals surface area contributed by atoms with Crippen molar-refractivity contribution in [1.82, 2.24) is 10.2 Å². The number of aliphatic carboxylic acids is 1. The first-order chi connectivity index (χ1) is 8.76. The Morgan fingerprint density at radius 1 is 1.16 bits per heavy atom. The summed E-state index contributed by atoms with van der Waals surface area (Å²) in [6.07, 6.45) is 0.890. The van der Waals surface area contributed by atoms with Crippen LogP contribution in [0.2, 0.25) is 0 Å². The Morgan fingerprint density at radius 2 is 1.74 bits per heavy atom. The molecule has 0 aromatic rings. The molecule has 0 radical (unpaired) electrons. The van der Waals surface area contributed by atoms with Crippen LogP contribution in [0.3, 0.4) is 0 Å². The molecule has 0 heterocycles. The predicted octanol–water partition coefficient (Wildman–Crippen LogP) is 1.58. The van der Waals surface area contributed by atoms with Crippen LogP contribution in [-0.2, 0) is 9.59 Å². The zero-order valence-electron chi connectivity index (χ0n) is 12.8. The maximum absolute atomic E-state index is 11.9. The highest BCUT2D eigenvalue weighted by atomic mass is 16.4. The average molecular weight is 272 g/mol. The van der Waals surface area contributed by atoms with Gasteiger partial charge in [-0.3, -0.25) is 14.5 Å². The minimum atomic E-state index is -0.823. The van der Waals surface area contributed by atoms with E-state index in [0.29, 0.717) is 12.5 Å². The maximum atomic E-state index is 11.9. The summed E-state index contributed by atoms with van der Waals surface area (Å²) in [4.78, 5) is 24.7. The van der Waals surface area contributed by atoms with E-state index in [2.05, 4.69) is 19.2 Å². The van der Waals surface area contributed by atoms with E-state index in [-0.39, 0.29) is 18.5 Å². The number of nitrogens with one attached hydrogen (secondary N) is 1. The molecule has 0 fully saturated rings. The lowest BCUT2D eigenvalue weighted by Gasteiger charge is -2.26. The Labute approximate surface area is 116 Å². The summed E-state index contributed by atoms with van der Waals surface area (Å²) in [7, 11) is 0. The highest BCUT2D eigenvalue weighted by Crippen LogP contribution is 2.04. The molecule has 0 bridgehead atoms. The molecule has 0 aliphatic carbocycles. The van der Waals surface area contributed by atoms with Crippen LogP contribution in [0.15, 0.2) is 0 Å². The average Bonchev–Trinajstić information content (AvgIpc) is 2.27. The number of amides is 1. The Bertz CT molecular complexity index is 292. The third kappa shape index (κ3) is 8.59. The Hall–Kier alpha value is -1.10. The summed E-state index contributed by atoms with van der Waals surface area (Å²) >= 11 is 0. The van der Waals surface area contributed by atoms with Crippen molar-refractivity contribution in [3.05, 3.63) is 0 Å². The van der Waals surface area contributed by atoms with Crippen molar-refractivity contribution in [3.63, 3.8) is 0 Å². The van der Waals surface area contributed by atoms with Crippen LogP contribution in [0.5, 0.6) is 0 Å². The third-order valence-corrected chi connectivity index (χ3v) is 2.96. The first-order valence-corrected chi connectivity index (χ1v) is 7.00. The molecule has 0 saturated carbocycles. The molecule has 1 amide bonds. The van der Waals surface area contributed by atoms with Gasteiger partial charge >= 0.3 is 5.97 Å². The Balaban J connectivity index is 4.41. The van der Waals surface area contributed by atoms with Gasteiger partial charge in [0.15, 0.2) is 0 Å². The summed E-state index contributed by atoms with van der Waals surface area (Å²) in [5.74, 6) is -0.920. The first-order valence-electron chi connectivity index (χ1n) is 7.00. The second-order valence-electron chi connectivity index (χ2n) is 5.70. The standard InChI is InChI=1S/C14H28N2O3/c1-6-12(5)15-13(17)9-16(7-10(2)3)8-11(4)14(18)19/h10-12H,6-9H2,1-5H3,(H,15,17)(H,18,19). The van der Waals surface area contributed by atoms with Crippen LogP contribution in [0, 0.1) is 11.8 Å². The molecule has 5 heteroatoms. The number of rotatable bonds is 9. The van der Waals surface area contributed by atoms with E-state index in [9.17, 15) is 9.59 Å².